The molecule has 1 aromatic carbocycles. The molecule has 0 aliphatic carbocycles. The largest absolute Gasteiger partial charge is 0.258 e. The van der Waals surface area contributed by atoms with Gasteiger partial charge in [0.05, 0.1) is 11.6 Å². The number of aryl methyl sites for hydroxylation is 2. The first kappa shape index (κ1) is 10.4. The Morgan fingerprint density at radius 2 is 1.50 bits per heavy atom. The van der Waals surface area contributed by atoms with Crippen LogP contribution in [0.4, 0.5) is 0 Å². The summed E-state index contributed by atoms with van der Waals surface area (Å²) in [5.74, 6) is 0. The normalized spacial score (nSPS) is 9.81. The van der Waals surface area contributed by atoms with E-state index in [9.17, 15) is 0 Å². The van der Waals surface area contributed by atoms with Crippen molar-refractivity contribution in [3.63, 3.8) is 0 Å². The number of pyridine rings is 1. The molecule has 0 radical (unpaired) electrons. The summed E-state index contributed by atoms with van der Waals surface area (Å²) in [6.07, 6.45) is 0. The van der Waals surface area contributed by atoms with Gasteiger partial charge in [-0.1, -0.05) is 12.1 Å². The van der Waals surface area contributed by atoms with Crippen LogP contribution in [0.5, 0.6) is 0 Å². The number of benzene rings is 1. The van der Waals surface area contributed by atoms with Gasteiger partial charge in [-0.05, 0) is 49.2 Å². The first-order valence-corrected chi connectivity index (χ1v) is 5.15. The van der Waals surface area contributed by atoms with Crippen molar-refractivity contribution in [2.45, 2.75) is 13.8 Å². The molecule has 2 aromatic rings. The summed E-state index contributed by atoms with van der Waals surface area (Å²) in [4.78, 5) is 4.34. The lowest BCUT2D eigenvalue weighted by molar-refractivity contribution is 1.12. The van der Waals surface area contributed by atoms with E-state index in [-0.39, 0.29) is 0 Å². The Bertz CT molecular complexity index is 528. The fourth-order valence-corrected chi connectivity index (χ4v) is 1.74. The van der Waals surface area contributed by atoms with Crippen LogP contribution in [0.25, 0.3) is 11.1 Å². The van der Waals surface area contributed by atoms with Gasteiger partial charge in [0.1, 0.15) is 0 Å². The number of hydrogen-bond acceptors (Lipinski definition) is 2. The van der Waals surface area contributed by atoms with Crippen molar-refractivity contribution in [3.8, 4) is 17.2 Å². The number of aromatic nitrogens is 1. The van der Waals surface area contributed by atoms with Crippen LogP contribution < -0.4 is 0 Å². The van der Waals surface area contributed by atoms with Crippen molar-refractivity contribution in [1.82, 2.24) is 4.98 Å². The minimum atomic E-state index is 0.686. The van der Waals surface area contributed by atoms with Crippen molar-refractivity contribution < 1.29 is 0 Å². The summed E-state index contributed by atoms with van der Waals surface area (Å²) in [6, 6.07) is 13.8. The Hall–Kier alpha value is -2.14. The predicted molar refractivity (Wildman–Crippen MR) is 63.9 cm³/mol. The number of nitrogens with zero attached hydrogens (tertiary/aromatic N) is 2. The van der Waals surface area contributed by atoms with Crippen molar-refractivity contribution in [3.05, 3.63) is 53.3 Å². The van der Waals surface area contributed by atoms with E-state index < -0.39 is 0 Å². The molecule has 0 fully saturated rings. The first-order valence-electron chi connectivity index (χ1n) is 5.15. The molecule has 0 saturated carbocycles. The second-order valence-electron chi connectivity index (χ2n) is 3.83. The fourth-order valence-electron chi connectivity index (χ4n) is 1.74. The molecule has 1 aromatic heterocycles. The smallest absolute Gasteiger partial charge is 0.0991 e. The van der Waals surface area contributed by atoms with Crippen LogP contribution in [0.2, 0.25) is 0 Å². The second-order valence-corrected chi connectivity index (χ2v) is 3.83. The van der Waals surface area contributed by atoms with Crippen LogP contribution in [0.3, 0.4) is 0 Å². The van der Waals surface area contributed by atoms with Crippen molar-refractivity contribution in [2.24, 2.45) is 0 Å². The molecule has 0 N–H and O–H groups in total. The van der Waals surface area contributed by atoms with Gasteiger partial charge in [-0.2, -0.15) is 5.26 Å². The highest BCUT2D eigenvalue weighted by Crippen LogP contribution is 2.21. The minimum absolute atomic E-state index is 0.686. The highest BCUT2D eigenvalue weighted by atomic mass is 14.7. The zero-order valence-electron chi connectivity index (χ0n) is 9.36. The lowest BCUT2D eigenvalue weighted by Crippen LogP contribution is -1.88. The third-order valence-corrected chi connectivity index (χ3v) is 2.43. The highest BCUT2D eigenvalue weighted by Gasteiger charge is 2.00. The van der Waals surface area contributed by atoms with Gasteiger partial charge in [-0.15, -0.1) is 0 Å². The molecule has 0 saturated heterocycles. The van der Waals surface area contributed by atoms with Crippen LogP contribution in [-0.2, 0) is 0 Å². The standard InChI is InChI=1S/C14H12N2/c1-10-7-14(8-11(2)16-10)13-5-3-12(9-15)4-6-13/h3-8H,1-2H3. The summed E-state index contributed by atoms with van der Waals surface area (Å²) in [6.45, 7) is 3.97. The topological polar surface area (TPSA) is 36.7 Å². The van der Waals surface area contributed by atoms with Crippen LogP contribution >= 0.6 is 0 Å². The molecule has 78 valence electrons. The van der Waals surface area contributed by atoms with E-state index in [1.165, 1.54) is 0 Å². The monoisotopic (exact) mass is 208 g/mol. The van der Waals surface area contributed by atoms with Crippen molar-refractivity contribution in [2.75, 3.05) is 0 Å². The Morgan fingerprint density at radius 3 is 2.00 bits per heavy atom. The molecule has 0 bridgehead atoms. The quantitative estimate of drug-likeness (QED) is 0.721. The Labute approximate surface area is 95.2 Å². The summed E-state index contributed by atoms with van der Waals surface area (Å²) < 4.78 is 0. The van der Waals surface area contributed by atoms with E-state index in [4.69, 9.17) is 5.26 Å². The van der Waals surface area contributed by atoms with E-state index >= 15 is 0 Å². The maximum Gasteiger partial charge on any atom is 0.0991 e. The van der Waals surface area contributed by atoms with Gasteiger partial charge in [0, 0.05) is 11.4 Å². The van der Waals surface area contributed by atoms with Crippen LogP contribution in [-0.4, -0.2) is 4.98 Å². The molecule has 16 heavy (non-hydrogen) atoms. The molecule has 0 amide bonds. The molecule has 0 aliphatic heterocycles. The van der Waals surface area contributed by atoms with Gasteiger partial charge >= 0.3 is 0 Å². The molecule has 2 nitrogen and oxygen atoms in total. The van der Waals surface area contributed by atoms with Gasteiger partial charge in [-0.25, -0.2) is 0 Å². The lowest BCUT2D eigenvalue weighted by Gasteiger charge is -2.04. The summed E-state index contributed by atoms with van der Waals surface area (Å²) in [5, 5.41) is 8.73. The molecular formula is C14H12N2. The van der Waals surface area contributed by atoms with E-state index in [0.29, 0.717) is 5.56 Å². The van der Waals surface area contributed by atoms with Gasteiger partial charge in [-0.3, -0.25) is 4.98 Å². The third-order valence-electron chi connectivity index (χ3n) is 2.43. The predicted octanol–water partition coefficient (Wildman–Crippen LogP) is 3.24. The van der Waals surface area contributed by atoms with Gasteiger partial charge in [0.25, 0.3) is 0 Å². The minimum Gasteiger partial charge on any atom is -0.258 e. The Balaban J connectivity index is 2.47. The average molecular weight is 208 g/mol. The van der Waals surface area contributed by atoms with E-state index in [0.717, 1.165) is 22.5 Å². The van der Waals surface area contributed by atoms with Crippen molar-refractivity contribution in [1.29, 1.82) is 5.26 Å². The zero-order chi connectivity index (χ0) is 11.5. The van der Waals surface area contributed by atoms with Crippen LogP contribution in [0.1, 0.15) is 17.0 Å². The maximum atomic E-state index is 8.73. The molecular weight excluding hydrogens is 196 g/mol. The van der Waals surface area contributed by atoms with Gasteiger partial charge < -0.3 is 0 Å². The zero-order valence-corrected chi connectivity index (χ0v) is 9.36. The molecule has 1 heterocycles. The first-order chi connectivity index (χ1) is 7.69. The fraction of sp³-hybridized carbons (Fsp3) is 0.143. The van der Waals surface area contributed by atoms with E-state index in [1.54, 1.807) is 0 Å². The maximum absolute atomic E-state index is 8.73. The molecule has 0 atom stereocenters. The number of hydrogen-bond donors (Lipinski definition) is 0. The molecule has 0 spiro atoms. The van der Waals surface area contributed by atoms with Crippen LogP contribution in [0, 0.1) is 25.2 Å². The number of nitriles is 1. The molecule has 2 heteroatoms. The highest BCUT2D eigenvalue weighted by molar-refractivity contribution is 5.64. The Morgan fingerprint density at radius 1 is 0.938 bits per heavy atom. The molecule has 0 aliphatic rings. The lowest BCUT2D eigenvalue weighted by atomic mass is 10.0. The average Bonchev–Trinajstić information content (AvgIpc) is 2.28. The SMILES string of the molecule is Cc1cc(-c2ccc(C#N)cc2)cc(C)n1. The molecule has 0 unspecified atom stereocenters. The third kappa shape index (κ3) is 2.09. The van der Waals surface area contributed by atoms with Gasteiger partial charge in [0.2, 0.25) is 0 Å². The summed E-state index contributed by atoms with van der Waals surface area (Å²) >= 11 is 0. The van der Waals surface area contributed by atoms with E-state index in [2.05, 4.69) is 11.1 Å². The molecule has 2 rings (SSSR count). The summed E-state index contributed by atoms with van der Waals surface area (Å²) in [7, 11) is 0. The summed E-state index contributed by atoms with van der Waals surface area (Å²) in [5.41, 5.74) is 4.98. The Kier molecular flexibility index (Phi) is 2.70. The van der Waals surface area contributed by atoms with Gasteiger partial charge in [0.15, 0.2) is 0 Å². The second kappa shape index (κ2) is 4.16. The van der Waals surface area contributed by atoms with Crippen molar-refractivity contribution >= 4 is 0 Å². The van der Waals surface area contributed by atoms with E-state index in [1.807, 2.05) is 50.2 Å². The number of rotatable bonds is 1. The van der Waals surface area contributed by atoms with Crippen LogP contribution in [0.15, 0.2) is 36.4 Å².